The third kappa shape index (κ3) is 6.01. The molecule has 2 aromatic rings. The first-order chi connectivity index (χ1) is 14.7. The van der Waals surface area contributed by atoms with E-state index in [0.29, 0.717) is 28.7 Å². The number of hydrogen-bond acceptors (Lipinski definition) is 6. The van der Waals surface area contributed by atoms with Gasteiger partial charge < -0.3 is 15.4 Å². The molecule has 0 radical (unpaired) electrons. The van der Waals surface area contributed by atoms with Crippen LogP contribution in [0.4, 0.5) is 0 Å². The van der Waals surface area contributed by atoms with Gasteiger partial charge in [0, 0.05) is 34.7 Å². The van der Waals surface area contributed by atoms with Crippen molar-refractivity contribution >= 4 is 34.9 Å². The Kier molecular flexibility index (Phi) is 7.64. The normalized spacial score (nSPS) is 15.2. The topological polar surface area (TPSA) is 85.5 Å². The summed E-state index contributed by atoms with van der Waals surface area (Å²) in [4.78, 5) is 32.0. The second-order valence-corrected chi connectivity index (χ2v) is 10.6. The van der Waals surface area contributed by atoms with Crippen LogP contribution in [-0.2, 0) is 10.2 Å². The first kappa shape index (κ1) is 23.6. The van der Waals surface area contributed by atoms with Crippen LogP contribution in [0.3, 0.4) is 0 Å². The molecular formula is C23H31N3O3S2. The van der Waals surface area contributed by atoms with E-state index in [0.717, 1.165) is 31.6 Å². The lowest BCUT2D eigenvalue weighted by Gasteiger charge is -2.31. The number of nitrogens with two attached hydrogens (primary N) is 1. The molecule has 1 aromatic heterocycles. The Morgan fingerprint density at radius 1 is 1.29 bits per heavy atom. The van der Waals surface area contributed by atoms with Crippen LogP contribution in [0.2, 0.25) is 0 Å². The molecule has 2 heterocycles. The molecule has 2 amide bonds. The zero-order valence-electron chi connectivity index (χ0n) is 18.6. The molecule has 168 valence electrons. The maximum absolute atomic E-state index is 12.8. The summed E-state index contributed by atoms with van der Waals surface area (Å²) in [6.07, 6.45) is 1.86. The fourth-order valence-electron chi connectivity index (χ4n) is 3.51. The summed E-state index contributed by atoms with van der Waals surface area (Å²) in [5.74, 6) is 0.932. The van der Waals surface area contributed by atoms with E-state index < -0.39 is 5.91 Å². The van der Waals surface area contributed by atoms with E-state index >= 15 is 0 Å². The third-order valence-electron chi connectivity index (χ3n) is 5.37. The Morgan fingerprint density at radius 2 is 2.00 bits per heavy atom. The van der Waals surface area contributed by atoms with Gasteiger partial charge in [-0.15, -0.1) is 23.1 Å². The summed E-state index contributed by atoms with van der Waals surface area (Å²) >= 11 is 3.07. The second kappa shape index (κ2) is 10.0. The molecule has 8 heteroatoms. The van der Waals surface area contributed by atoms with E-state index in [1.54, 1.807) is 29.5 Å². The number of thioether (sulfide) groups is 1. The van der Waals surface area contributed by atoms with Gasteiger partial charge in [-0.05, 0) is 38.0 Å². The fourth-order valence-corrected chi connectivity index (χ4v) is 5.71. The molecule has 1 aliphatic rings. The van der Waals surface area contributed by atoms with Crippen LogP contribution in [0, 0.1) is 0 Å². The highest BCUT2D eigenvalue weighted by Crippen LogP contribution is 2.34. The molecule has 0 saturated carbocycles. The average molecular weight is 462 g/mol. The predicted octanol–water partition coefficient (Wildman–Crippen LogP) is 4.44. The monoisotopic (exact) mass is 461 g/mol. The lowest BCUT2D eigenvalue weighted by Crippen LogP contribution is -2.39. The minimum absolute atomic E-state index is 0.0614. The molecule has 0 aliphatic carbocycles. The number of rotatable bonds is 7. The SMILES string of the molecule is CCOc1ccc(C(N)=O)c(SCC(=O)N2CCC(c3nc(C(C)(C)C)cs3)CC2)c1. The predicted molar refractivity (Wildman–Crippen MR) is 126 cm³/mol. The molecule has 0 unspecified atom stereocenters. The minimum Gasteiger partial charge on any atom is -0.494 e. The first-order valence-corrected chi connectivity index (χ1v) is 12.5. The van der Waals surface area contributed by atoms with Gasteiger partial charge >= 0.3 is 0 Å². The summed E-state index contributed by atoms with van der Waals surface area (Å²) in [7, 11) is 0. The van der Waals surface area contributed by atoms with Gasteiger partial charge in [0.05, 0.1) is 28.6 Å². The summed E-state index contributed by atoms with van der Waals surface area (Å²) in [5.41, 5.74) is 7.11. The summed E-state index contributed by atoms with van der Waals surface area (Å²) < 4.78 is 5.52. The maximum atomic E-state index is 12.8. The Labute approximate surface area is 192 Å². The van der Waals surface area contributed by atoms with E-state index in [9.17, 15) is 9.59 Å². The van der Waals surface area contributed by atoms with Gasteiger partial charge in [0.2, 0.25) is 11.8 Å². The van der Waals surface area contributed by atoms with Crippen molar-refractivity contribution in [1.29, 1.82) is 0 Å². The molecule has 6 nitrogen and oxygen atoms in total. The van der Waals surface area contributed by atoms with E-state index in [4.69, 9.17) is 15.5 Å². The van der Waals surface area contributed by atoms with Gasteiger partial charge in [-0.25, -0.2) is 4.98 Å². The molecule has 1 saturated heterocycles. The summed E-state index contributed by atoms with van der Waals surface area (Å²) in [6, 6.07) is 5.17. The number of benzene rings is 1. The molecular weight excluding hydrogens is 430 g/mol. The highest BCUT2D eigenvalue weighted by molar-refractivity contribution is 8.00. The number of amides is 2. The zero-order chi connectivity index (χ0) is 22.6. The number of carbonyl (C=O) groups is 2. The lowest BCUT2D eigenvalue weighted by molar-refractivity contribution is -0.129. The van der Waals surface area contributed by atoms with Crippen LogP contribution in [0.15, 0.2) is 28.5 Å². The number of primary amides is 1. The Hall–Kier alpha value is -2.06. The van der Waals surface area contributed by atoms with Crippen molar-refractivity contribution in [2.45, 2.75) is 56.8 Å². The van der Waals surface area contributed by atoms with Crippen LogP contribution >= 0.6 is 23.1 Å². The van der Waals surface area contributed by atoms with Crippen molar-refractivity contribution in [3.05, 3.63) is 39.8 Å². The van der Waals surface area contributed by atoms with Gasteiger partial charge in [-0.1, -0.05) is 20.8 Å². The molecule has 3 rings (SSSR count). The number of likely N-dealkylation sites (tertiary alicyclic amines) is 1. The number of nitrogens with zero attached hydrogens (tertiary/aromatic N) is 2. The number of piperidine rings is 1. The Morgan fingerprint density at radius 3 is 2.58 bits per heavy atom. The molecule has 0 bridgehead atoms. The standard InChI is InChI=1S/C23H31N3O3S2/c1-5-29-16-6-7-17(21(24)28)18(12-16)30-14-20(27)26-10-8-15(9-11-26)22-25-19(13-31-22)23(2,3)4/h6-7,12-13,15H,5,8-11,14H2,1-4H3,(H2,24,28). The molecule has 31 heavy (non-hydrogen) atoms. The number of thiazole rings is 1. The van der Waals surface area contributed by atoms with Crippen LogP contribution in [0.5, 0.6) is 5.75 Å². The van der Waals surface area contributed by atoms with E-state index in [2.05, 4.69) is 26.2 Å². The highest BCUT2D eigenvalue weighted by Gasteiger charge is 2.27. The first-order valence-electron chi connectivity index (χ1n) is 10.6. The third-order valence-corrected chi connectivity index (χ3v) is 7.42. The lowest BCUT2D eigenvalue weighted by atomic mass is 9.93. The Bertz CT molecular complexity index is 928. The van der Waals surface area contributed by atoms with Crippen molar-refractivity contribution in [3.63, 3.8) is 0 Å². The molecule has 1 fully saturated rings. The molecule has 0 spiro atoms. The van der Waals surface area contributed by atoms with E-state index in [1.165, 1.54) is 16.8 Å². The van der Waals surface area contributed by atoms with Gasteiger partial charge in [-0.2, -0.15) is 0 Å². The number of aromatic nitrogens is 1. The van der Waals surface area contributed by atoms with E-state index in [1.807, 2.05) is 11.8 Å². The quantitative estimate of drug-likeness (QED) is 0.616. The van der Waals surface area contributed by atoms with Crippen LogP contribution < -0.4 is 10.5 Å². The van der Waals surface area contributed by atoms with Gasteiger partial charge in [0.25, 0.3) is 0 Å². The molecule has 1 aliphatic heterocycles. The summed E-state index contributed by atoms with van der Waals surface area (Å²) in [6.45, 7) is 10.4. The summed E-state index contributed by atoms with van der Waals surface area (Å²) in [5, 5.41) is 3.35. The van der Waals surface area contributed by atoms with Gasteiger partial charge in [-0.3, -0.25) is 9.59 Å². The smallest absolute Gasteiger partial charge is 0.249 e. The number of hydrogen-bond donors (Lipinski definition) is 1. The van der Waals surface area contributed by atoms with Crippen molar-refractivity contribution in [3.8, 4) is 5.75 Å². The Balaban J connectivity index is 1.56. The van der Waals surface area contributed by atoms with Crippen molar-refractivity contribution in [2.75, 3.05) is 25.4 Å². The average Bonchev–Trinajstić information content (AvgIpc) is 3.23. The second-order valence-electron chi connectivity index (χ2n) is 8.72. The number of ether oxygens (including phenoxy) is 1. The highest BCUT2D eigenvalue weighted by atomic mass is 32.2. The minimum atomic E-state index is -0.503. The van der Waals surface area contributed by atoms with Crippen molar-refractivity contribution in [2.24, 2.45) is 5.73 Å². The number of carbonyl (C=O) groups excluding carboxylic acids is 2. The largest absolute Gasteiger partial charge is 0.494 e. The van der Waals surface area contributed by atoms with Crippen LogP contribution in [-0.4, -0.2) is 47.1 Å². The van der Waals surface area contributed by atoms with Crippen LogP contribution in [0.25, 0.3) is 0 Å². The zero-order valence-corrected chi connectivity index (χ0v) is 20.3. The molecule has 1 aromatic carbocycles. The molecule has 0 atom stereocenters. The van der Waals surface area contributed by atoms with Gasteiger partial charge in [0.1, 0.15) is 5.75 Å². The van der Waals surface area contributed by atoms with Crippen LogP contribution in [0.1, 0.15) is 67.5 Å². The van der Waals surface area contributed by atoms with E-state index in [-0.39, 0.29) is 17.1 Å². The van der Waals surface area contributed by atoms with Crippen molar-refractivity contribution < 1.29 is 14.3 Å². The maximum Gasteiger partial charge on any atom is 0.249 e. The fraction of sp³-hybridized carbons (Fsp3) is 0.522. The molecule has 2 N–H and O–H groups in total. The van der Waals surface area contributed by atoms with Crippen molar-refractivity contribution in [1.82, 2.24) is 9.88 Å². The van der Waals surface area contributed by atoms with Gasteiger partial charge in [0.15, 0.2) is 0 Å².